The second kappa shape index (κ2) is 7.64. The average molecular weight is 359 g/mol. The van der Waals surface area contributed by atoms with Crippen molar-refractivity contribution < 1.29 is 23.4 Å². The lowest BCUT2D eigenvalue weighted by atomic mass is 10.1. The van der Waals surface area contributed by atoms with E-state index in [-0.39, 0.29) is 23.6 Å². The molecule has 0 aromatic heterocycles. The Kier molecular flexibility index (Phi) is 5.30. The van der Waals surface area contributed by atoms with Gasteiger partial charge in [-0.25, -0.2) is 4.39 Å². The summed E-state index contributed by atoms with van der Waals surface area (Å²) >= 11 is 0. The lowest BCUT2D eigenvalue weighted by Crippen LogP contribution is -2.25. The van der Waals surface area contributed by atoms with Gasteiger partial charge >= 0.3 is 0 Å². The van der Waals surface area contributed by atoms with Gasteiger partial charge in [-0.3, -0.25) is 4.79 Å². The first-order valence-electron chi connectivity index (χ1n) is 8.39. The SMILES string of the molecule is COc1cc(OC)c(OC)cc1CNC(=O)C1CC1c1ccc(F)cc1. The number of rotatable bonds is 7. The maximum atomic E-state index is 13.0. The molecule has 1 saturated carbocycles. The molecule has 0 aliphatic heterocycles. The van der Waals surface area contributed by atoms with Gasteiger partial charge in [-0.15, -0.1) is 0 Å². The molecule has 2 unspecified atom stereocenters. The molecule has 0 heterocycles. The molecule has 1 fully saturated rings. The Hall–Kier alpha value is -2.76. The van der Waals surface area contributed by atoms with Crippen molar-refractivity contribution in [3.63, 3.8) is 0 Å². The minimum Gasteiger partial charge on any atom is -0.496 e. The third kappa shape index (κ3) is 3.74. The zero-order valence-electron chi connectivity index (χ0n) is 15.0. The monoisotopic (exact) mass is 359 g/mol. The molecular formula is C20H22FNO4. The molecule has 2 aromatic carbocycles. The number of nitrogens with one attached hydrogen (secondary N) is 1. The quantitative estimate of drug-likeness (QED) is 0.824. The number of benzene rings is 2. The van der Waals surface area contributed by atoms with Gasteiger partial charge in [-0.1, -0.05) is 12.1 Å². The van der Waals surface area contributed by atoms with Crippen molar-refractivity contribution >= 4 is 5.91 Å². The van der Waals surface area contributed by atoms with E-state index in [1.54, 1.807) is 45.6 Å². The maximum absolute atomic E-state index is 13.0. The van der Waals surface area contributed by atoms with Crippen LogP contribution >= 0.6 is 0 Å². The number of carbonyl (C=O) groups excluding carboxylic acids is 1. The van der Waals surface area contributed by atoms with Crippen LogP contribution in [-0.2, 0) is 11.3 Å². The van der Waals surface area contributed by atoms with Gasteiger partial charge in [-0.05, 0) is 36.1 Å². The Morgan fingerprint density at radius 2 is 1.65 bits per heavy atom. The fraction of sp³-hybridized carbons (Fsp3) is 0.350. The van der Waals surface area contributed by atoms with Crippen LogP contribution in [0.2, 0.25) is 0 Å². The number of hydrogen-bond acceptors (Lipinski definition) is 4. The van der Waals surface area contributed by atoms with Crippen molar-refractivity contribution in [1.29, 1.82) is 0 Å². The summed E-state index contributed by atoms with van der Waals surface area (Å²) in [4.78, 5) is 12.4. The molecule has 26 heavy (non-hydrogen) atoms. The van der Waals surface area contributed by atoms with Gasteiger partial charge < -0.3 is 19.5 Å². The summed E-state index contributed by atoms with van der Waals surface area (Å²) in [6.07, 6.45) is 0.778. The highest BCUT2D eigenvalue weighted by molar-refractivity contribution is 5.83. The van der Waals surface area contributed by atoms with Crippen molar-refractivity contribution in [3.8, 4) is 17.2 Å². The largest absolute Gasteiger partial charge is 0.496 e. The second-order valence-electron chi connectivity index (χ2n) is 6.24. The Morgan fingerprint density at radius 3 is 2.27 bits per heavy atom. The third-order valence-electron chi connectivity index (χ3n) is 4.67. The van der Waals surface area contributed by atoms with Crippen LogP contribution in [-0.4, -0.2) is 27.2 Å². The number of halogens is 1. The number of carbonyl (C=O) groups is 1. The van der Waals surface area contributed by atoms with E-state index in [0.717, 1.165) is 17.5 Å². The van der Waals surface area contributed by atoms with Crippen molar-refractivity contribution in [2.45, 2.75) is 18.9 Å². The molecule has 0 saturated heterocycles. The van der Waals surface area contributed by atoms with Gasteiger partial charge in [0.1, 0.15) is 11.6 Å². The highest BCUT2D eigenvalue weighted by Crippen LogP contribution is 2.47. The molecular weight excluding hydrogens is 337 g/mol. The molecule has 1 aliphatic rings. The number of methoxy groups -OCH3 is 3. The summed E-state index contributed by atoms with van der Waals surface area (Å²) < 4.78 is 29.0. The zero-order chi connectivity index (χ0) is 18.7. The maximum Gasteiger partial charge on any atom is 0.224 e. The summed E-state index contributed by atoms with van der Waals surface area (Å²) in [5.74, 6) is 1.56. The van der Waals surface area contributed by atoms with Gasteiger partial charge in [-0.2, -0.15) is 0 Å². The summed E-state index contributed by atoms with van der Waals surface area (Å²) in [5.41, 5.74) is 1.80. The number of hydrogen-bond donors (Lipinski definition) is 1. The van der Waals surface area contributed by atoms with Gasteiger partial charge in [0.15, 0.2) is 11.5 Å². The van der Waals surface area contributed by atoms with E-state index in [2.05, 4.69) is 5.32 Å². The van der Waals surface area contributed by atoms with E-state index in [1.165, 1.54) is 12.1 Å². The molecule has 3 rings (SSSR count). The normalized spacial score (nSPS) is 18.2. The van der Waals surface area contributed by atoms with Gasteiger partial charge in [0.25, 0.3) is 0 Å². The van der Waals surface area contributed by atoms with E-state index < -0.39 is 0 Å². The van der Waals surface area contributed by atoms with Crippen LogP contribution in [0.1, 0.15) is 23.5 Å². The molecule has 5 nitrogen and oxygen atoms in total. The van der Waals surface area contributed by atoms with Gasteiger partial charge in [0.2, 0.25) is 5.91 Å². The average Bonchev–Trinajstić information content (AvgIpc) is 3.46. The van der Waals surface area contributed by atoms with E-state index in [9.17, 15) is 9.18 Å². The Balaban J connectivity index is 1.64. The van der Waals surface area contributed by atoms with Crippen LogP contribution in [0.3, 0.4) is 0 Å². The smallest absolute Gasteiger partial charge is 0.224 e. The molecule has 0 spiro atoms. The minimum atomic E-state index is -0.268. The van der Waals surface area contributed by atoms with Crippen LogP contribution < -0.4 is 19.5 Å². The molecule has 2 atom stereocenters. The first-order valence-corrected chi connectivity index (χ1v) is 8.39. The highest BCUT2D eigenvalue weighted by Gasteiger charge is 2.43. The summed E-state index contributed by atoms with van der Waals surface area (Å²) in [5, 5.41) is 2.95. The van der Waals surface area contributed by atoms with Crippen LogP contribution in [0, 0.1) is 11.7 Å². The second-order valence-corrected chi connectivity index (χ2v) is 6.24. The van der Waals surface area contributed by atoms with Gasteiger partial charge in [0.05, 0.1) is 21.3 Å². The molecule has 1 aliphatic carbocycles. The predicted molar refractivity (Wildman–Crippen MR) is 95.2 cm³/mol. The third-order valence-corrected chi connectivity index (χ3v) is 4.67. The van der Waals surface area contributed by atoms with Crippen LogP contribution in [0.25, 0.3) is 0 Å². The fourth-order valence-corrected chi connectivity index (χ4v) is 3.11. The summed E-state index contributed by atoms with van der Waals surface area (Å²) in [7, 11) is 4.68. The standard InChI is InChI=1S/C20H22FNO4/c1-24-17-10-19(26-3)18(25-2)8-13(17)11-22-20(23)16-9-15(16)12-4-6-14(21)7-5-12/h4-8,10,15-16H,9,11H2,1-3H3,(H,22,23). The van der Waals surface area contributed by atoms with Crippen molar-refractivity contribution in [3.05, 3.63) is 53.3 Å². The number of ether oxygens (including phenoxy) is 3. The molecule has 1 N–H and O–H groups in total. The van der Waals surface area contributed by atoms with Crippen LogP contribution in [0.15, 0.2) is 36.4 Å². The lowest BCUT2D eigenvalue weighted by Gasteiger charge is -2.14. The van der Waals surface area contributed by atoms with E-state index >= 15 is 0 Å². The lowest BCUT2D eigenvalue weighted by molar-refractivity contribution is -0.122. The van der Waals surface area contributed by atoms with Crippen molar-refractivity contribution in [2.75, 3.05) is 21.3 Å². The summed E-state index contributed by atoms with van der Waals surface area (Å²) in [6, 6.07) is 9.87. The fourth-order valence-electron chi connectivity index (χ4n) is 3.11. The molecule has 0 bridgehead atoms. The first kappa shape index (κ1) is 18.0. The molecule has 6 heteroatoms. The van der Waals surface area contributed by atoms with Gasteiger partial charge in [0, 0.05) is 24.1 Å². The zero-order valence-corrected chi connectivity index (χ0v) is 15.0. The van der Waals surface area contributed by atoms with Crippen molar-refractivity contribution in [1.82, 2.24) is 5.32 Å². The molecule has 0 radical (unpaired) electrons. The van der Waals surface area contributed by atoms with E-state index in [4.69, 9.17) is 14.2 Å². The van der Waals surface area contributed by atoms with E-state index in [0.29, 0.717) is 23.8 Å². The Labute approximate surface area is 152 Å². The topological polar surface area (TPSA) is 56.8 Å². The Morgan fingerprint density at radius 1 is 1.04 bits per heavy atom. The van der Waals surface area contributed by atoms with Crippen molar-refractivity contribution in [2.24, 2.45) is 5.92 Å². The number of amides is 1. The van der Waals surface area contributed by atoms with E-state index in [1.807, 2.05) is 0 Å². The minimum absolute atomic E-state index is 0.0174. The highest BCUT2D eigenvalue weighted by atomic mass is 19.1. The predicted octanol–water partition coefficient (Wildman–Crippen LogP) is 3.27. The Bertz CT molecular complexity index is 791. The van der Waals surface area contributed by atoms with Crippen LogP contribution in [0.4, 0.5) is 4.39 Å². The first-order chi connectivity index (χ1) is 12.6. The molecule has 1 amide bonds. The molecule has 138 valence electrons. The van der Waals surface area contributed by atoms with Crippen LogP contribution in [0.5, 0.6) is 17.2 Å². The molecule has 2 aromatic rings. The summed E-state index contributed by atoms with van der Waals surface area (Å²) in [6.45, 7) is 0.328.